The number of imidazole rings is 2. The van der Waals surface area contributed by atoms with Gasteiger partial charge in [-0.3, -0.25) is 9.55 Å². The number of para-hydroxylation sites is 2. The van der Waals surface area contributed by atoms with E-state index in [1.165, 1.54) is 76.9 Å². The third-order valence-electron chi connectivity index (χ3n) is 12.4. The minimum absolute atomic E-state index is 0. The number of aryl methyl sites for hydroxylation is 3. The van der Waals surface area contributed by atoms with Crippen molar-refractivity contribution < 1.29 is 20.1 Å². The van der Waals surface area contributed by atoms with Crippen molar-refractivity contribution in [3.05, 3.63) is 241 Å². The van der Waals surface area contributed by atoms with Crippen LogP contribution in [0.2, 0.25) is 0 Å². The van der Waals surface area contributed by atoms with Gasteiger partial charge in [-0.15, -0.1) is 35.9 Å². The first kappa shape index (κ1) is 42.3. The van der Waals surface area contributed by atoms with Crippen molar-refractivity contribution in [1.82, 2.24) is 19.1 Å². The van der Waals surface area contributed by atoms with Crippen molar-refractivity contribution in [2.24, 2.45) is 0 Å². The van der Waals surface area contributed by atoms with E-state index in [0.717, 1.165) is 39.5 Å². The summed E-state index contributed by atoms with van der Waals surface area (Å²) in [6.45, 7) is 6.42. The summed E-state index contributed by atoms with van der Waals surface area (Å²) in [5.74, 6) is 1.88. The van der Waals surface area contributed by atoms with E-state index in [2.05, 4.69) is 217 Å². The van der Waals surface area contributed by atoms with Crippen molar-refractivity contribution in [2.75, 3.05) is 0 Å². The number of hydrogen-bond acceptors (Lipinski definition) is 2. The van der Waals surface area contributed by atoms with Gasteiger partial charge in [0.1, 0.15) is 5.82 Å². The molecule has 0 amide bonds. The second-order valence-electron chi connectivity index (χ2n) is 16.7. The Morgan fingerprint density at radius 3 is 1.71 bits per heavy atom. The van der Waals surface area contributed by atoms with Crippen LogP contribution in [0.3, 0.4) is 0 Å². The van der Waals surface area contributed by atoms with Crippen LogP contribution in [-0.4, -0.2) is 19.1 Å². The van der Waals surface area contributed by atoms with Crippen molar-refractivity contribution in [3.63, 3.8) is 0 Å². The maximum Gasteiger partial charge on any atom is 0.145 e. The first-order valence-corrected chi connectivity index (χ1v) is 22.2. The number of hydrogen-bond donors (Lipinski definition) is 0. The van der Waals surface area contributed by atoms with E-state index < -0.39 is 0 Å². The van der Waals surface area contributed by atoms with Gasteiger partial charge in [-0.25, -0.2) is 4.98 Å². The summed E-state index contributed by atoms with van der Waals surface area (Å²) in [5.41, 5.74) is 15.3. The number of aromatic nitrogens is 4. The molecule has 5 heteroatoms. The molecule has 0 spiro atoms. The molecule has 0 unspecified atom stereocenters. The molecule has 66 heavy (non-hydrogen) atoms. The van der Waals surface area contributed by atoms with E-state index in [1.54, 1.807) is 0 Å². The van der Waals surface area contributed by atoms with E-state index in [0.29, 0.717) is 0 Å². The summed E-state index contributed by atoms with van der Waals surface area (Å²) in [4.78, 5) is 9.54. The Labute approximate surface area is 398 Å². The predicted octanol–water partition coefficient (Wildman–Crippen LogP) is 15.7. The van der Waals surface area contributed by atoms with Crippen LogP contribution in [0.25, 0.3) is 99.8 Å². The molecule has 0 saturated carbocycles. The van der Waals surface area contributed by atoms with E-state index >= 15 is 0 Å². The molecule has 0 saturated heterocycles. The largest absolute Gasteiger partial charge is 0.340 e. The Morgan fingerprint density at radius 2 is 1.05 bits per heavy atom. The zero-order valence-corrected chi connectivity index (χ0v) is 39.3. The summed E-state index contributed by atoms with van der Waals surface area (Å²) in [7, 11) is 0. The van der Waals surface area contributed by atoms with E-state index in [-0.39, 0.29) is 20.1 Å². The molecule has 0 fully saturated rings. The van der Waals surface area contributed by atoms with Crippen molar-refractivity contribution in [1.29, 1.82) is 0 Å². The molecule has 2 heterocycles. The molecule has 10 aromatic carbocycles. The Bertz CT molecular complexity index is 3600. The molecule has 0 aliphatic heterocycles. The van der Waals surface area contributed by atoms with Crippen LogP contribution >= 0.6 is 0 Å². The average Bonchev–Trinajstić information content (AvgIpc) is 3.99. The van der Waals surface area contributed by atoms with Gasteiger partial charge in [-0.2, -0.15) is 0 Å². The molecule has 12 aromatic rings. The summed E-state index contributed by atoms with van der Waals surface area (Å²) < 4.78 is 4.42. The van der Waals surface area contributed by atoms with Crippen molar-refractivity contribution in [3.8, 4) is 56.4 Å². The molecule has 0 aliphatic carbocycles. The molecule has 0 aliphatic rings. The third kappa shape index (κ3) is 7.73. The fourth-order valence-electron chi connectivity index (χ4n) is 9.71. The summed E-state index contributed by atoms with van der Waals surface area (Å²) in [6.07, 6.45) is 3.86. The average molecular weight is 1030 g/mol. The van der Waals surface area contributed by atoms with E-state index in [4.69, 9.17) is 4.98 Å². The van der Waals surface area contributed by atoms with Gasteiger partial charge in [-0.1, -0.05) is 157 Å². The van der Waals surface area contributed by atoms with Crippen LogP contribution in [0.4, 0.5) is 0 Å². The Hall–Kier alpha value is -7.69. The first-order chi connectivity index (χ1) is 32.0. The SMILES string of the molecule is Cc1cc(C)c(-n2ccnc2-c2[c-]cccc2)c(C)c1.[Ir].c1ccc(-c2nc3ccccc3n2-c2ccc(-c3c4ccccc4c(-c4ccc5ccccc5c4)c4ccccc34)cc2)cc1. The quantitative estimate of drug-likeness (QED) is 0.123. The molecule has 319 valence electrons. The van der Waals surface area contributed by atoms with Gasteiger partial charge in [-0.05, 0) is 117 Å². The predicted molar refractivity (Wildman–Crippen MR) is 272 cm³/mol. The monoisotopic (exact) mass is 1030 g/mol. The van der Waals surface area contributed by atoms with Crippen LogP contribution in [0.1, 0.15) is 16.7 Å². The topological polar surface area (TPSA) is 35.6 Å². The normalized spacial score (nSPS) is 11.1. The second-order valence-corrected chi connectivity index (χ2v) is 16.7. The van der Waals surface area contributed by atoms with Crippen LogP contribution in [0, 0.1) is 26.8 Å². The van der Waals surface area contributed by atoms with Gasteiger partial charge in [0.05, 0.1) is 16.9 Å². The standard InChI is InChI=1S/C43H28N2.C18H17N2.Ir/c1-2-13-31(14-3-1)43-44-39-20-10-11-21-40(39)45(43)34-26-24-30(25-27-34)41-35-16-6-8-18-37(35)42(38-19-9-7-17-36(38)41)33-23-22-29-12-4-5-15-32(29)28-33;1-13-11-14(2)17(15(3)12-13)20-10-9-19-18(20)16-7-5-4-6-8-16;/h1-28H;4-7,9-12H,1-3H3;/q;-1;. The van der Waals surface area contributed by atoms with Crippen molar-refractivity contribution in [2.45, 2.75) is 20.8 Å². The summed E-state index contributed by atoms with van der Waals surface area (Å²) >= 11 is 0. The van der Waals surface area contributed by atoms with Gasteiger partial charge in [0.2, 0.25) is 0 Å². The van der Waals surface area contributed by atoms with Gasteiger partial charge >= 0.3 is 0 Å². The molecule has 1 radical (unpaired) electrons. The number of benzene rings is 10. The third-order valence-corrected chi connectivity index (χ3v) is 12.4. The van der Waals surface area contributed by atoms with Crippen LogP contribution in [0.5, 0.6) is 0 Å². The maximum atomic E-state index is 5.04. The van der Waals surface area contributed by atoms with Crippen LogP contribution < -0.4 is 0 Å². The van der Waals surface area contributed by atoms with Gasteiger partial charge < -0.3 is 4.57 Å². The van der Waals surface area contributed by atoms with E-state index in [1.807, 2.05) is 42.7 Å². The van der Waals surface area contributed by atoms with Gasteiger partial charge in [0.15, 0.2) is 0 Å². The molecule has 0 N–H and O–H groups in total. The molecule has 0 atom stereocenters. The fraction of sp³-hybridized carbons (Fsp3) is 0.0492. The Kier molecular flexibility index (Phi) is 11.6. The number of fused-ring (bicyclic) bond motifs is 4. The van der Waals surface area contributed by atoms with Crippen LogP contribution in [0.15, 0.2) is 219 Å². The second kappa shape index (κ2) is 18.1. The molecule has 4 nitrogen and oxygen atoms in total. The maximum absolute atomic E-state index is 5.04. The summed E-state index contributed by atoms with van der Waals surface area (Å²) in [5, 5.41) is 7.54. The molecule has 12 rings (SSSR count). The fourth-order valence-corrected chi connectivity index (χ4v) is 9.71. The molecular weight excluding hydrogens is 981 g/mol. The molecular formula is C61H45IrN4-. The number of nitrogens with zero attached hydrogens (tertiary/aromatic N) is 4. The molecule has 2 aromatic heterocycles. The minimum atomic E-state index is 0. The smallest absolute Gasteiger partial charge is 0.145 e. The summed E-state index contributed by atoms with van der Waals surface area (Å²) in [6, 6.07) is 76.6. The van der Waals surface area contributed by atoms with E-state index in [9.17, 15) is 0 Å². The van der Waals surface area contributed by atoms with Crippen LogP contribution in [-0.2, 0) is 20.1 Å². The van der Waals surface area contributed by atoms with Gasteiger partial charge in [0.25, 0.3) is 0 Å². The minimum Gasteiger partial charge on any atom is -0.340 e. The zero-order valence-electron chi connectivity index (χ0n) is 36.9. The first-order valence-electron chi connectivity index (χ1n) is 22.2. The number of rotatable bonds is 6. The van der Waals surface area contributed by atoms with Crippen molar-refractivity contribution >= 4 is 43.4 Å². The zero-order chi connectivity index (χ0) is 43.9. The molecule has 0 bridgehead atoms. The Morgan fingerprint density at radius 1 is 0.470 bits per heavy atom. The Balaban J connectivity index is 0.000000205. The van der Waals surface area contributed by atoms with Gasteiger partial charge in [0, 0.05) is 49.4 Å².